The maximum Gasteiger partial charge on any atom is 0.412 e. The van der Waals surface area contributed by atoms with Gasteiger partial charge in [0.15, 0.2) is 24.2 Å². The van der Waals surface area contributed by atoms with E-state index >= 15 is 0 Å². The number of carbonyl (C=O) groups is 1. The number of nitrogens with one attached hydrogen (secondary N) is 1. The van der Waals surface area contributed by atoms with Crippen LogP contribution in [0.15, 0.2) is 11.0 Å². The molecule has 0 bridgehead atoms. The third-order valence-corrected chi connectivity index (χ3v) is 5.59. The molecule has 33 heavy (non-hydrogen) atoms. The highest BCUT2D eigenvalue weighted by Gasteiger charge is 2.49. The van der Waals surface area contributed by atoms with Gasteiger partial charge in [0.05, 0.1) is 25.0 Å². The van der Waals surface area contributed by atoms with Crippen LogP contribution in [-0.2, 0) is 18.9 Å². The zero-order valence-electron chi connectivity index (χ0n) is 18.6. The normalized spacial score (nSPS) is 33.9. The summed E-state index contributed by atoms with van der Waals surface area (Å²) in [5.74, 6) is -1.66. The lowest BCUT2D eigenvalue weighted by molar-refractivity contribution is -0.216. The minimum absolute atomic E-state index is 0.144. The molecule has 3 rings (SSSR count). The largest absolute Gasteiger partial charge is 0.449 e. The first kappa shape index (κ1) is 25.5. The number of aromatic nitrogens is 2. The van der Waals surface area contributed by atoms with Gasteiger partial charge >= 0.3 is 11.8 Å². The number of rotatable bonds is 8. The summed E-state index contributed by atoms with van der Waals surface area (Å²) in [4.78, 5) is 27.9. The van der Waals surface area contributed by atoms with Crippen LogP contribution in [0.2, 0.25) is 0 Å². The Morgan fingerprint density at radius 3 is 2.52 bits per heavy atom. The number of ether oxygens (including phenoxy) is 4. The molecule has 0 aliphatic carbocycles. The summed E-state index contributed by atoms with van der Waals surface area (Å²) in [5.41, 5.74) is -0.987. The van der Waals surface area contributed by atoms with Crippen molar-refractivity contribution in [1.29, 1.82) is 0 Å². The first-order chi connectivity index (χ1) is 15.6. The topological polar surface area (TPSA) is 162 Å². The molecule has 186 valence electrons. The highest BCUT2D eigenvalue weighted by molar-refractivity contribution is 5.83. The molecule has 2 saturated heterocycles. The summed E-state index contributed by atoms with van der Waals surface area (Å²) >= 11 is 0. The van der Waals surface area contributed by atoms with Crippen LogP contribution in [0, 0.1) is 5.82 Å². The summed E-state index contributed by atoms with van der Waals surface area (Å²) in [6.07, 6.45) is -7.01. The van der Waals surface area contributed by atoms with Gasteiger partial charge in [-0.3, -0.25) is 9.88 Å². The van der Waals surface area contributed by atoms with E-state index in [1.807, 2.05) is 6.92 Å². The summed E-state index contributed by atoms with van der Waals surface area (Å²) in [5, 5.41) is 32.5. The van der Waals surface area contributed by atoms with Crippen molar-refractivity contribution >= 4 is 11.9 Å². The van der Waals surface area contributed by atoms with Crippen LogP contribution in [0.4, 0.5) is 15.0 Å². The van der Waals surface area contributed by atoms with Gasteiger partial charge in [-0.05, 0) is 20.3 Å². The lowest BCUT2D eigenvalue weighted by Gasteiger charge is -2.26. The first-order valence-electron chi connectivity index (χ1n) is 10.9. The number of unbranched alkanes of at least 4 members (excludes halogenated alkanes) is 2. The van der Waals surface area contributed by atoms with Crippen molar-refractivity contribution in [1.82, 2.24) is 9.55 Å². The fourth-order valence-corrected chi connectivity index (χ4v) is 3.63. The van der Waals surface area contributed by atoms with Crippen molar-refractivity contribution in [2.45, 2.75) is 89.2 Å². The number of halogens is 1. The van der Waals surface area contributed by atoms with Crippen LogP contribution in [0.25, 0.3) is 0 Å². The summed E-state index contributed by atoms with van der Waals surface area (Å²) in [6.45, 7) is 5.18. The maximum atomic E-state index is 14.6. The van der Waals surface area contributed by atoms with Gasteiger partial charge in [0, 0.05) is 0 Å². The number of hydrogen-bond donors (Lipinski definition) is 4. The number of amides is 1. The highest BCUT2D eigenvalue weighted by atomic mass is 19.1. The highest BCUT2D eigenvalue weighted by Crippen LogP contribution is 2.34. The number of aliphatic hydroxyl groups excluding tert-OH is 3. The molecule has 8 atom stereocenters. The molecule has 4 N–H and O–H groups in total. The SMILES string of the molecule is CCCCCOC(=O)Nc1nc(=O)n(C2OC(C)C(O)C2OC2OC(C)C(O)C2O)cc1F. The molecule has 8 unspecified atom stereocenters. The average Bonchev–Trinajstić information content (AvgIpc) is 3.18. The monoisotopic (exact) mass is 475 g/mol. The van der Waals surface area contributed by atoms with Gasteiger partial charge in [-0.1, -0.05) is 19.8 Å². The van der Waals surface area contributed by atoms with Crippen molar-refractivity contribution in [3.8, 4) is 0 Å². The molecule has 2 fully saturated rings. The molecule has 0 radical (unpaired) electrons. The van der Waals surface area contributed by atoms with Crippen LogP contribution in [0.1, 0.15) is 46.3 Å². The molecule has 1 amide bonds. The molecular weight excluding hydrogens is 445 g/mol. The standard InChI is InChI=1S/C20H30FN3O9/c1-4-5-6-7-30-20(29)23-16-11(21)8-24(19(28)22-16)17-15(13(26)10(3)31-17)33-18-14(27)12(25)9(2)32-18/h8-10,12-15,17-18,25-27H,4-7H2,1-3H3,(H,22,23,28,29). The van der Waals surface area contributed by atoms with Gasteiger partial charge in [-0.2, -0.15) is 4.98 Å². The molecular formula is C20H30FN3O9. The molecule has 1 aromatic rings. The number of anilines is 1. The van der Waals surface area contributed by atoms with Crippen molar-refractivity contribution in [3.63, 3.8) is 0 Å². The van der Waals surface area contributed by atoms with Gasteiger partial charge in [0.2, 0.25) is 0 Å². The van der Waals surface area contributed by atoms with Crippen molar-refractivity contribution in [3.05, 3.63) is 22.5 Å². The number of aliphatic hydroxyl groups is 3. The molecule has 13 heteroatoms. The fourth-order valence-electron chi connectivity index (χ4n) is 3.63. The second kappa shape index (κ2) is 10.8. The van der Waals surface area contributed by atoms with Crippen LogP contribution >= 0.6 is 0 Å². The number of carbonyl (C=O) groups excluding carboxylic acids is 1. The van der Waals surface area contributed by atoms with Crippen LogP contribution < -0.4 is 11.0 Å². The van der Waals surface area contributed by atoms with Gasteiger partial charge in [-0.25, -0.2) is 14.0 Å². The number of hydrogen-bond acceptors (Lipinski definition) is 10. The van der Waals surface area contributed by atoms with E-state index in [-0.39, 0.29) is 6.61 Å². The maximum absolute atomic E-state index is 14.6. The second-order valence-electron chi connectivity index (χ2n) is 8.11. The third-order valence-electron chi connectivity index (χ3n) is 5.59. The van der Waals surface area contributed by atoms with E-state index in [9.17, 15) is 29.3 Å². The Morgan fingerprint density at radius 1 is 1.18 bits per heavy atom. The first-order valence-corrected chi connectivity index (χ1v) is 10.9. The van der Waals surface area contributed by atoms with Crippen molar-refractivity contribution < 1.29 is 43.5 Å². The Balaban J connectivity index is 1.74. The summed E-state index contributed by atoms with van der Waals surface area (Å²) in [6, 6.07) is 0. The molecule has 0 saturated carbocycles. The van der Waals surface area contributed by atoms with Crippen LogP contribution in [-0.4, -0.2) is 80.5 Å². The fraction of sp³-hybridized carbons (Fsp3) is 0.750. The second-order valence-corrected chi connectivity index (χ2v) is 8.11. The van der Waals surface area contributed by atoms with Crippen LogP contribution in [0.3, 0.4) is 0 Å². The van der Waals surface area contributed by atoms with Gasteiger partial charge in [0.1, 0.15) is 24.4 Å². The predicted octanol–water partition coefficient (Wildman–Crippen LogP) is 0.251. The van der Waals surface area contributed by atoms with Gasteiger partial charge in [0.25, 0.3) is 0 Å². The smallest absolute Gasteiger partial charge is 0.412 e. The lowest BCUT2D eigenvalue weighted by Crippen LogP contribution is -2.43. The van der Waals surface area contributed by atoms with Crippen LogP contribution in [0.5, 0.6) is 0 Å². The quantitative estimate of drug-likeness (QED) is 0.384. The summed E-state index contributed by atoms with van der Waals surface area (Å²) in [7, 11) is 0. The van der Waals surface area contributed by atoms with Crippen molar-refractivity contribution in [2.75, 3.05) is 11.9 Å². The molecule has 2 aliphatic rings. The van der Waals surface area contributed by atoms with E-state index < -0.39 is 72.6 Å². The minimum atomic E-state index is -1.40. The Morgan fingerprint density at radius 2 is 1.88 bits per heavy atom. The lowest BCUT2D eigenvalue weighted by atomic mass is 10.1. The zero-order chi connectivity index (χ0) is 24.3. The third kappa shape index (κ3) is 5.67. The van der Waals surface area contributed by atoms with E-state index in [1.165, 1.54) is 13.8 Å². The van der Waals surface area contributed by atoms with E-state index in [4.69, 9.17) is 18.9 Å². The molecule has 12 nitrogen and oxygen atoms in total. The minimum Gasteiger partial charge on any atom is -0.449 e. The van der Waals surface area contributed by atoms with E-state index in [0.29, 0.717) is 6.42 Å². The average molecular weight is 475 g/mol. The van der Waals surface area contributed by atoms with E-state index in [0.717, 1.165) is 23.6 Å². The summed E-state index contributed by atoms with van der Waals surface area (Å²) < 4.78 is 36.9. The Kier molecular flexibility index (Phi) is 8.37. The van der Waals surface area contributed by atoms with Gasteiger partial charge < -0.3 is 34.3 Å². The van der Waals surface area contributed by atoms with E-state index in [2.05, 4.69) is 10.3 Å². The molecule has 3 heterocycles. The van der Waals surface area contributed by atoms with Gasteiger partial charge in [-0.15, -0.1) is 0 Å². The Labute approximate surface area is 189 Å². The molecule has 2 aliphatic heterocycles. The van der Waals surface area contributed by atoms with Crippen molar-refractivity contribution in [2.24, 2.45) is 0 Å². The molecule has 0 spiro atoms. The number of nitrogens with zero attached hydrogens (tertiary/aromatic N) is 2. The predicted molar refractivity (Wildman–Crippen MR) is 110 cm³/mol. The Bertz CT molecular complexity index is 885. The molecule has 0 aromatic carbocycles. The van der Waals surface area contributed by atoms with E-state index in [1.54, 1.807) is 0 Å². The Hall–Kier alpha value is -2.16. The molecule has 1 aromatic heterocycles. The zero-order valence-corrected chi connectivity index (χ0v) is 18.6.